The molecule has 2 atom stereocenters. The van der Waals surface area contributed by atoms with Crippen molar-refractivity contribution < 1.29 is 19.2 Å². The van der Waals surface area contributed by atoms with Gasteiger partial charge in [-0.3, -0.25) is 24.5 Å². The Morgan fingerprint density at radius 1 is 1.14 bits per heavy atom. The van der Waals surface area contributed by atoms with E-state index in [-0.39, 0.29) is 30.1 Å². The van der Waals surface area contributed by atoms with Crippen LogP contribution in [0.2, 0.25) is 0 Å². The third-order valence-corrected chi connectivity index (χ3v) is 4.32. The van der Waals surface area contributed by atoms with Gasteiger partial charge in [-0.25, -0.2) is 0 Å². The first-order chi connectivity index (χ1) is 10.1. The van der Waals surface area contributed by atoms with Gasteiger partial charge in [0.1, 0.15) is 12.1 Å². The Morgan fingerprint density at radius 3 is 2.57 bits per heavy atom. The summed E-state index contributed by atoms with van der Waals surface area (Å²) < 4.78 is 0. The Labute approximate surface area is 122 Å². The summed E-state index contributed by atoms with van der Waals surface area (Å²) >= 11 is 0. The molecule has 2 aliphatic heterocycles. The van der Waals surface area contributed by atoms with Crippen molar-refractivity contribution in [1.29, 1.82) is 0 Å². The molecule has 0 aromatic heterocycles. The fraction of sp³-hybridized carbons (Fsp3) is 0.714. The molecule has 3 aliphatic rings. The molecule has 2 saturated heterocycles. The van der Waals surface area contributed by atoms with Gasteiger partial charge in [0.25, 0.3) is 0 Å². The maximum absolute atomic E-state index is 12.3. The van der Waals surface area contributed by atoms with Gasteiger partial charge >= 0.3 is 0 Å². The average Bonchev–Trinajstić information content (AvgIpc) is 3.18. The van der Waals surface area contributed by atoms with Crippen LogP contribution in [0, 0.1) is 5.92 Å². The molecule has 4 amide bonds. The molecule has 1 aliphatic carbocycles. The van der Waals surface area contributed by atoms with Crippen LogP contribution in [0.4, 0.5) is 0 Å². The molecule has 0 radical (unpaired) electrons. The Kier molecular flexibility index (Phi) is 3.65. The van der Waals surface area contributed by atoms with Crippen molar-refractivity contribution in [1.82, 2.24) is 15.5 Å². The fourth-order valence-corrected chi connectivity index (χ4v) is 2.97. The third-order valence-electron chi connectivity index (χ3n) is 4.32. The van der Waals surface area contributed by atoms with E-state index in [9.17, 15) is 19.2 Å². The van der Waals surface area contributed by atoms with Crippen molar-refractivity contribution in [3.63, 3.8) is 0 Å². The molecule has 3 rings (SSSR count). The predicted octanol–water partition coefficient (Wildman–Crippen LogP) is -0.691. The topological polar surface area (TPSA) is 95.6 Å². The van der Waals surface area contributed by atoms with Gasteiger partial charge in [-0.2, -0.15) is 0 Å². The SMILES string of the molecule is O=C1CCC(NC(=O)C2CCCN2C(=O)C2CC2)C(=O)N1. The Bertz CT molecular complexity index is 500. The summed E-state index contributed by atoms with van der Waals surface area (Å²) in [6.45, 7) is 0.614. The average molecular weight is 293 g/mol. The standard InChI is InChI=1S/C14H19N3O4/c18-11-6-5-9(12(19)16-11)15-13(20)10-2-1-7-17(10)14(21)8-3-4-8/h8-10H,1-7H2,(H,15,20)(H,16,18,19). The third kappa shape index (κ3) is 2.91. The molecule has 0 aromatic carbocycles. The van der Waals surface area contributed by atoms with E-state index in [1.807, 2.05) is 0 Å². The van der Waals surface area contributed by atoms with Crippen molar-refractivity contribution in [2.45, 2.75) is 50.6 Å². The van der Waals surface area contributed by atoms with Crippen LogP contribution >= 0.6 is 0 Å². The second kappa shape index (κ2) is 5.46. The summed E-state index contributed by atoms with van der Waals surface area (Å²) in [5, 5.41) is 4.89. The summed E-state index contributed by atoms with van der Waals surface area (Å²) in [6, 6.07) is -1.14. The quantitative estimate of drug-likeness (QED) is 0.673. The van der Waals surface area contributed by atoms with Crippen LogP contribution in [0.25, 0.3) is 0 Å². The van der Waals surface area contributed by atoms with Crippen LogP contribution in [0.15, 0.2) is 0 Å². The lowest BCUT2D eigenvalue weighted by Gasteiger charge is -2.27. The molecule has 2 unspecified atom stereocenters. The number of imide groups is 1. The Hall–Kier alpha value is -1.92. The van der Waals surface area contributed by atoms with E-state index in [0.717, 1.165) is 19.3 Å². The zero-order valence-electron chi connectivity index (χ0n) is 11.8. The minimum atomic E-state index is -0.673. The molecule has 2 heterocycles. The molecule has 0 bridgehead atoms. The maximum atomic E-state index is 12.3. The van der Waals surface area contributed by atoms with Crippen LogP contribution in [0.5, 0.6) is 0 Å². The largest absolute Gasteiger partial charge is 0.342 e. The van der Waals surface area contributed by atoms with Gasteiger partial charge in [0, 0.05) is 18.9 Å². The number of hydrogen-bond donors (Lipinski definition) is 2. The summed E-state index contributed by atoms with van der Waals surface area (Å²) in [4.78, 5) is 48.9. The first-order valence-corrected chi connectivity index (χ1v) is 7.51. The zero-order valence-corrected chi connectivity index (χ0v) is 11.8. The molecule has 1 saturated carbocycles. The molecule has 0 spiro atoms. The van der Waals surface area contributed by atoms with Crippen molar-refractivity contribution in [3.8, 4) is 0 Å². The van der Waals surface area contributed by atoms with Crippen LogP contribution in [0.1, 0.15) is 38.5 Å². The first kappa shape index (κ1) is 14.0. The summed E-state index contributed by atoms with van der Waals surface area (Å²) in [5.41, 5.74) is 0. The Balaban J connectivity index is 1.60. The van der Waals surface area contributed by atoms with Crippen LogP contribution in [-0.2, 0) is 19.2 Å². The van der Waals surface area contributed by atoms with Gasteiger partial charge in [0.2, 0.25) is 23.6 Å². The van der Waals surface area contributed by atoms with Gasteiger partial charge in [0.05, 0.1) is 0 Å². The fourth-order valence-electron chi connectivity index (χ4n) is 2.97. The summed E-state index contributed by atoms with van der Waals surface area (Å²) in [7, 11) is 0. The minimum absolute atomic E-state index is 0.0657. The smallest absolute Gasteiger partial charge is 0.249 e. The minimum Gasteiger partial charge on any atom is -0.342 e. The molecule has 7 heteroatoms. The highest BCUT2D eigenvalue weighted by atomic mass is 16.2. The molecule has 21 heavy (non-hydrogen) atoms. The number of piperidine rings is 1. The molecular weight excluding hydrogens is 274 g/mol. The van der Waals surface area contributed by atoms with Crippen LogP contribution < -0.4 is 10.6 Å². The predicted molar refractivity (Wildman–Crippen MR) is 71.8 cm³/mol. The van der Waals surface area contributed by atoms with Gasteiger partial charge in [-0.05, 0) is 32.1 Å². The number of rotatable bonds is 3. The molecule has 2 N–H and O–H groups in total. The number of likely N-dealkylation sites (tertiary alicyclic amines) is 1. The highest BCUT2D eigenvalue weighted by Gasteiger charge is 2.41. The molecule has 7 nitrogen and oxygen atoms in total. The number of carbonyl (C=O) groups excluding carboxylic acids is 4. The van der Waals surface area contributed by atoms with Crippen molar-refractivity contribution in [3.05, 3.63) is 0 Å². The van der Waals surface area contributed by atoms with Crippen molar-refractivity contribution in [2.24, 2.45) is 5.92 Å². The van der Waals surface area contributed by atoms with Gasteiger partial charge in [-0.1, -0.05) is 0 Å². The molecule has 114 valence electrons. The van der Waals surface area contributed by atoms with E-state index >= 15 is 0 Å². The zero-order chi connectivity index (χ0) is 15.0. The van der Waals surface area contributed by atoms with E-state index in [1.54, 1.807) is 4.90 Å². The van der Waals surface area contributed by atoms with E-state index in [0.29, 0.717) is 19.4 Å². The van der Waals surface area contributed by atoms with Crippen molar-refractivity contribution in [2.75, 3.05) is 6.54 Å². The highest BCUT2D eigenvalue weighted by Crippen LogP contribution is 2.33. The lowest BCUT2D eigenvalue weighted by molar-refractivity contribution is -0.141. The van der Waals surface area contributed by atoms with Gasteiger partial charge in [-0.15, -0.1) is 0 Å². The number of nitrogens with zero attached hydrogens (tertiary/aromatic N) is 1. The molecule has 0 aromatic rings. The summed E-state index contributed by atoms with van der Waals surface area (Å²) in [5.74, 6) is -0.893. The number of hydrogen-bond acceptors (Lipinski definition) is 4. The normalized spacial score (nSPS) is 29.2. The summed E-state index contributed by atoms with van der Waals surface area (Å²) in [6.07, 6.45) is 3.82. The van der Waals surface area contributed by atoms with E-state index < -0.39 is 18.0 Å². The lowest BCUT2D eigenvalue weighted by atomic mass is 10.1. The second-order valence-corrected chi connectivity index (χ2v) is 5.98. The second-order valence-electron chi connectivity index (χ2n) is 5.98. The maximum Gasteiger partial charge on any atom is 0.249 e. The highest BCUT2D eigenvalue weighted by molar-refractivity contribution is 6.02. The monoisotopic (exact) mass is 293 g/mol. The van der Waals surface area contributed by atoms with Gasteiger partial charge in [0.15, 0.2) is 0 Å². The van der Waals surface area contributed by atoms with E-state index in [4.69, 9.17) is 0 Å². The Morgan fingerprint density at radius 2 is 1.90 bits per heavy atom. The number of nitrogens with one attached hydrogen (secondary N) is 2. The van der Waals surface area contributed by atoms with Crippen LogP contribution in [-0.4, -0.2) is 47.2 Å². The number of amides is 4. The van der Waals surface area contributed by atoms with Crippen molar-refractivity contribution >= 4 is 23.6 Å². The first-order valence-electron chi connectivity index (χ1n) is 7.51. The molecule has 3 fully saturated rings. The van der Waals surface area contributed by atoms with Gasteiger partial charge < -0.3 is 10.2 Å². The van der Waals surface area contributed by atoms with Crippen LogP contribution in [0.3, 0.4) is 0 Å². The number of carbonyl (C=O) groups is 4. The van der Waals surface area contributed by atoms with E-state index in [1.165, 1.54) is 0 Å². The lowest BCUT2D eigenvalue weighted by Crippen LogP contribution is -2.56. The molecular formula is C14H19N3O4. The van der Waals surface area contributed by atoms with E-state index in [2.05, 4.69) is 10.6 Å².